The number of alkyl halides is 1. The highest BCUT2D eigenvalue weighted by Gasteiger charge is 2.56. The fourth-order valence-corrected chi connectivity index (χ4v) is 5.26. The molecule has 2 aromatic carbocycles. The topological polar surface area (TPSA) is 111 Å². The number of hydrogen-bond acceptors (Lipinski definition) is 5. The highest BCUT2D eigenvalue weighted by Crippen LogP contribution is 2.45. The maximum Gasteiger partial charge on any atom is 0.254 e. The summed E-state index contributed by atoms with van der Waals surface area (Å²) in [7, 11) is 0. The van der Waals surface area contributed by atoms with Gasteiger partial charge < -0.3 is 14.6 Å². The van der Waals surface area contributed by atoms with E-state index in [0.29, 0.717) is 28.2 Å². The summed E-state index contributed by atoms with van der Waals surface area (Å²) in [5.74, 6) is -0.658. The third kappa shape index (κ3) is 4.19. The minimum absolute atomic E-state index is 0.146. The van der Waals surface area contributed by atoms with E-state index in [1.807, 2.05) is 19.9 Å². The Kier molecular flexibility index (Phi) is 5.85. The summed E-state index contributed by atoms with van der Waals surface area (Å²) in [6, 6.07) is 10.1. The van der Waals surface area contributed by atoms with Crippen molar-refractivity contribution in [1.82, 2.24) is 14.9 Å². The molecule has 3 unspecified atom stereocenters. The highest BCUT2D eigenvalue weighted by molar-refractivity contribution is 6.31. The summed E-state index contributed by atoms with van der Waals surface area (Å²) >= 11 is 6.02. The number of rotatable bonds is 5. The number of nitriles is 1. The highest BCUT2D eigenvalue weighted by atomic mass is 35.5. The van der Waals surface area contributed by atoms with E-state index in [4.69, 9.17) is 16.3 Å². The smallest absolute Gasteiger partial charge is 0.254 e. The molecule has 1 saturated carbocycles. The number of aromatic amines is 1. The second-order valence-electron chi connectivity index (χ2n) is 9.20. The van der Waals surface area contributed by atoms with Crippen LogP contribution < -0.4 is 10.1 Å². The Labute approximate surface area is 206 Å². The van der Waals surface area contributed by atoms with Crippen LogP contribution in [0.15, 0.2) is 36.4 Å². The zero-order chi connectivity index (χ0) is 24.9. The van der Waals surface area contributed by atoms with Gasteiger partial charge in [0.25, 0.3) is 5.91 Å². The molecular formula is C25H23ClFN5O3. The number of likely N-dealkylation sites (tertiary alicyclic amines) is 1. The first-order valence-electron chi connectivity index (χ1n) is 11.4. The van der Waals surface area contributed by atoms with Crippen LogP contribution >= 0.6 is 11.6 Å². The summed E-state index contributed by atoms with van der Waals surface area (Å²) in [6.07, 6.45) is -0.735. The number of ether oxygens (including phenoxy) is 1. The summed E-state index contributed by atoms with van der Waals surface area (Å²) in [4.78, 5) is 35.5. The lowest BCUT2D eigenvalue weighted by Gasteiger charge is -2.36. The lowest BCUT2D eigenvalue weighted by molar-refractivity contribution is -0.122. The summed E-state index contributed by atoms with van der Waals surface area (Å²) in [5, 5.41) is 12.8. The Morgan fingerprint density at radius 1 is 1.29 bits per heavy atom. The van der Waals surface area contributed by atoms with Gasteiger partial charge in [0.1, 0.15) is 24.0 Å². The van der Waals surface area contributed by atoms with Crippen LogP contribution in [0.25, 0.3) is 11.0 Å². The number of benzene rings is 2. The number of H-pyrrole nitrogens is 1. The molecule has 10 heteroatoms. The van der Waals surface area contributed by atoms with Gasteiger partial charge in [0, 0.05) is 10.6 Å². The SMILES string of the molecule is CC(C)Oc1ccc(C(=O)N2C3CC(CC3F)[C@@H]2C(=O)Nc2nc3ccc(Cl)cc3[nH]2)cc1C#N. The first-order chi connectivity index (χ1) is 16.7. The number of fused-ring (bicyclic) bond motifs is 3. The van der Waals surface area contributed by atoms with Crippen LogP contribution in [0.1, 0.15) is 42.6 Å². The van der Waals surface area contributed by atoms with Crippen molar-refractivity contribution in [3.63, 3.8) is 0 Å². The molecule has 1 aliphatic heterocycles. The minimum Gasteiger partial charge on any atom is -0.490 e. The molecule has 2 aliphatic rings. The van der Waals surface area contributed by atoms with Gasteiger partial charge in [-0.1, -0.05) is 11.6 Å². The molecule has 0 radical (unpaired) electrons. The van der Waals surface area contributed by atoms with E-state index in [1.54, 1.807) is 24.3 Å². The third-order valence-corrected chi connectivity index (χ3v) is 6.73. The van der Waals surface area contributed by atoms with E-state index in [-0.39, 0.29) is 35.5 Å². The van der Waals surface area contributed by atoms with Crippen molar-refractivity contribution in [2.45, 2.75) is 51.0 Å². The standard InChI is InChI=1S/C25H23ClFN5O3/c1-12(2)35-21-6-3-13(7-15(21)11-28)24(34)32-20-9-14(8-17(20)27)22(32)23(33)31-25-29-18-5-4-16(26)10-19(18)30-25/h3-7,10,12,14,17,20,22H,8-9H2,1-2H3,(H2,29,30,31,33)/t14?,17?,20?,22-/m1/s1. The van der Waals surface area contributed by atoms with Crippen molar-refractivity contribution >= 4 is 40.4 Å². The molecule has 1 aromatic heterocycles. The number of aromatic nitrogens is 2. The zero-order valence-electron chi connectivity index (χ0n) is 19.1. The second-order valence-corrected chi connectivity index (χ2v) is 9.63. The monoisotopic (exact) mass is 495 g/mol. The van der Waals surface area contributed by atoms with Gasteiger partial charge in [-0.2, -0.15) is 5.26 Å². The second kappa shape index (κ2) is 8.86. The molecule has 2 fully saturated rings. The number of nitrogens with one attached hydrogen (secondary N) is 2. The minimum atomic E-state index is -1.21. The fourth-order valence-electron chi connectivity index (χ4n) is 5.08. The predicted octanol–water partition coefficient (Wildman–Crippen LogP) is 4.45. The Morgan fingerprint density at radius 2 is 2.09 bits per heavy atom. The van der Waals surface area contributed by atoms with Gasteiger partial charge in [0.15, 0.2) is 0 Å². The average molecular weight is 496 g/mol. The van der Waals surface area contributed by atoms with Crippen molar-refractivity contribution < 1.29 is 18.7 Å². The molecule has 180 valence electrons. The summed E-state index contributed by atoms with van der Waals surface area (Å²) in [5.41, 5.74) is 1.69. The molecule has 0 spiro atoms. The van der Waals surface area contributed by atoms with Crippen molar-refractivity contribution in [1.29, 1.82) is 5.26 Å². The first-order valence-corrected chi connectivity index (χ1v) is 11.8. The van der Waals surface area contributed by atoms with Crippen LogP contribution in [-0.2, 0) is 4.79 Å². The van der Waals surface area contributed by atoms with E-state index in [2.05, 4.69) is 15.3 Å². The molecule has 2 heterocycles. The van der Waals surface area contributed by atoms with Gasteiger partial charge in [-0.05, 0) is 69.0 Å². The molecule has 2 N–H and O–H groups in total. The Morgan fingerprint density at radius 3 is 2.83 bits per heavy atom. The van der Waals surface area contributed by atoms with E-state index < -0.39 is 30.1 Å². The summed E-state index contributed by atoms with van der Waals surface area (Å²) < 4.78 is 20.3. The van der Waals surface area contributed by atoms with Crippen molar-refractivity contribution in [2.24, 2.45) is 5.92 Å². The Balaban J connectivity index is 1.42. The van der Waals surface area contributed by atoms with Gasteiger partial charge in [0.05, 0.1) is 28.7 Å². The van der Waals surface area contributed by atoms with Gasteiger partial charge in [-0.15, -0.1) is 0 Å². The molecule has 1 aliphatic carbocycles. The number of imidazole rings is 1. The van der Waals surface area contributed by atoms with Gasteiger partial charge in [-0.25, -0.2) is 9.37 Å². The largest absolute Gasteiger partial charge is 0.490 e. The van der Waals surface area contributed by atoms with Crippen LogP contribution in [-0.4, -0.2) is 51.0 Å². The van der Waals surface area contributed by atoms with Crippen LogP contribution in [0.2, 0.25) is 5.02 Å². The number of anilines is 1. The summed E-state index contributed by atoms with van der Waals surface area (Å²) in [6.45, 7) is 3.67. The predicted molar refractivity (Wildman–Crippen MR) is 128 cm³/mol. The zero-order valence-corrected chi connectivity index (χ0v) is 19.8. The lowest BCUT2D eigenvalue weighted by atomic mass is 9.96. The molecule has 1 saturated heterocycles. The van der Waals surface area contributed by atoms with Crippen LogP contribution in [0.4, 0.5) is 10.3 Å². The fraction of sp³-hybridized carbons (Fsp3) is 0.360. The number of amides is 2. The first kappa shape index (κ1) is 23.1. The molecular weight excluding hydrogens is 473 g/mol. The van der Waals surface area contributed by atoms with E-state index in [0.717, 1.165) is 0 Å². The Bertz CT molecular complexity index is 1370. The maximum absolute atomic E-state index is 14.7. The van der Waals surface area contributed by atoms with Crippen LogP contribution in [0.5, 0.6) is 5.75 Å². The lowest BCUT2D eigenvalue weighted by Crippen LogP contribution is -2.54. The molecule has 8 nitrogen and oxygen atoms in total. The number of halogens is 2. The van der Waals surface area contributed by atoms with Gasteiger partial charge in [0.2, 0.25) is 11.9 Å². The Hall–Kier alpha value is -3.64. The number of nitrogens with zero attached hydrogens (tertiary/aromatic N) is 3. The van der Waals surface area contributed by atoms with Gasteiger partial charge >= 0.3 is 0 Å². The molecule has 5 rings (SSSR count). The van der Waals surface area contributed by atoms with Gasteiger partial charge in [-0.3, -0.25) is 14.9 Å². The van der Waals surface area contributed by atoms with Crippen molar-refractivity contribution in [3.05, 3.63) is 52.5 Å². The molecule has 35 heavy (non-hydrogen) atoms. The molecule has 4 atom stereocenters. The molecule has 2 bridgehead atoms. The van der Waals surface area contributed by atoms with Crippen molar-refractivity contribution in [3.8, 4) is 11.8 Å². The van der Waals surface area contributed by atoms with E-state index in [1.165, 1.54) is 17.0 Å². The van der Waals surface area contributed by atoms with Crippen LogP contribution in [0.3, 0.4) is 0 Å². The number of carbonyl (C=O) groups is 2. The maximum atomic E-state index is 14.7. The quantitative estimate of drug-likeness (QED) is 0.543. The van der Waals surface area contributed by atoms with E-state index in [9.17, 15) is 19.2 Å². The number of carbonyl (C=O) groups excluding carboxylic acids is 2. The number of hydrogen-bond donors (Lipinski definition) is 2. The normalized spacial score (nSPS) is 23.0. The van der Waals surface area contributed by atoms with Crippen LogP contribution in [0, 0.1) is 17.2 Å². The van der Waals surface area contributed by atoms with Crippen molar-refractivity contribution in [2.75, 3.05) is 5.32 Å². The molecule has 3 aromatic rings. The molecule has 2 amide bonds. The van der Waals surface area contributed by atoms with E-state index >= 15 is 0 Å². The third-order valence-electron chi connectivity index (χ3n) is 6.49. The average Bonchev–Trinajstić information content (AvgIpc) is 3.49. The number of piperidine rings is 1.